The van der Waals surface area contributed by atoms with Gasteiger partial charge in [-0.3, -0.25) is 4.79 Å². The second-order valence-corrected chi connectivity index (χ2v) is 7.15. The lowest BCUT2D eigenvalue weighted by atomic mass is 9.95. The molecule has 26 heavy (non-hydrogen) atoms. The van der Waals surface area contributed by atoms with Gasteiger partial charge in [-0.25, -0.2) is 0 Å². The highest BCUT2D eigenvalue weighted by Gasteiger charge is 2.16. The van der Waals surface area contributed by atoms with E-state index in [1.165, 1.54) is 11.3 Å². The average molecular weight is 365 g/mol. The fourth-order valence-corrected chi connectivity index (χ4v) is 4.19. The van der Waals surface area contributed by atoms with Crippen molar-refractivity contribution >= 4 is 32.3 Å². The Morgan fingerprint density at radius 3 is 2.62 bits per heavy atom. The molecule has 2 aromatic carbocycles. The fraction of sp³-hybridized carbons (Fsp3) is 0.190. The maximum Gasteiger partial charge on any atom is 0.266 e. The monoisotopic (exact) mass is 365 g/mol. The van der Waals surface area contributed by atoms with E-state index in [-0.39, 0.29) is 5.56 Å². The molecule has 4 nitrogen and oxygen atoms in total. The molecule has 0 saturated heterocycles. The number of aliphatic hydroxyl groups is 1. The topological polar surface area (TPSA) is 62.3 Å². The summed E-state index contributed by atoms with van der Waals surface area (Å²) in [5.74, 6) is 0.751. The molecule has 0 aliphatic heterocycles. The van der Waals surface area contributed by atoms with Crippen molar-refractivity contribution in [2.24, 2.45) is 0 Å². The number of nitrogens with one attached hydrogen (secondary N) is 1. The van der Waals surface area contributed by atoms with Gasteiger partial charge in [-0.15, -0.1) is 11.3 Å². The zero-order valence-electron chi connectivity index (χ0n) is 14.6. The summed E-state index contributed by atoms with van der Waals surface area (Å²) in [6.45, 7) is 1.95. The first kappa shape index (κ1) is 16.8. The van der Waals surface area contributed by atoms with Gasteiger partial charge in [0.2, 0.25) is 0 Å². The van der Waals surface area contributed by atoms with E-state index in [1.807, 2.05) is 54.8 Å². The van der Waals surface area contributed by atoms with Crippen LogP contribution in [0.25, 0.3) is 32.1 Å². The summed E-state index contributed by atoms with van der Waals surface area (Å²) < 4.78 is 6.34. The first-order valence-electron chi connectivity index (χ1n) is 8.52. The van der Waals surface area contributed by atoms with Gasteiger partial charge in [0, 0.05) is 21.9 Å². The van der Waals surface area contributed by atoms with E-state index in [1.54, 1.807) is 7.11 Å². The Kier molecular flexibility index (Phi) is 4.26. The van der Waals surface area contributed by atoms with Crippen LogP contribution in [0.5, 0.6) is 5.75 Å². The molecule has 4 aromatic rings. The van der Waals surface area contributed by atoms with Crippen LogP contribution in [0.4, 0.5) is 0 Å². The molecule has 5 heteroatoms. The van der Waals surface area contributed by atoms with Crippen LogP contribution in [-0.2, 0) is 0 Å². The summed E-state index contributed by atoms with van der Waals surface area (Å²) in [4.78, 5) is 15.3. The summed E-state index contributed by atoms with van der Waals surface area (Å²) in [7, 11) is 1.65. The van der Waals surface area contributed by atoms with E-state index in [2.05, 4.69) is 4.98 Å². The lowest BCUT2D eigenvalue weighted by molar-refractivity contribution is 0.173. The van der Waals surface area contributed by atoms with E-state index < -0.39 is 6.10 Å². The van der Waals surface area contributed by atoms with Gasteiger partial charge in [0.1, 0.15) is 10.4 Å². The summed E-state index contributed by atoms with van der Waals surface area (Å²) in [5.41, 5.74) is 3.54. The number of thiophene rings is 1. The van der Waals surface area contributed by atoms with Crippen molar-refractivity contribution < 1.29 is 9.84 Å². The Bertz CT molecular complexity index is 1140. The van der Waals surface area contributed by atoms with Crippen LogP contribution in [0.15, 0.2) is 52.6 Å². The number of aromatic amines is 1. The number of hydrogen-bond acceptors (Lipinski definition) is 4. The number of rotatable bonds is 4. The number of aromatic nitrogens is 1. The average Bonchev–Trinajstić information content (AvgIpc) is 3.17. The molecule has 1 atom stereocenters. The number of fused-ring (bicyclic) bond motifs is 3. The van der Waals surface area contributed by atoms with Crippen LogP contribution < -0.4 is 10.3 Å². The van der Waals surface area contributed by atoms with Gasteiger partial charge in [0.15, 0.2) is 0 Å². The Hall–Kier alpha value is -2.63. The van der Waals surface area contributed by atoms with Crippen LogP contribution in [0.3, 0.4) is 0 Å². The van der Waals surface area contributed by atoms with Crippen LogP contribution in [0, 0.1) is 0 Å². The number of pyridine rings is 1. The number of ether oxygens (including phenoxy) is 1. The third-order valence-electron chi connectivity index (χ3n) is 4.75. The molecule has 2 aromatic heterocycles. The van der Waals surface area contributed by atoms with Gasteiger partial charge >= 0.3 is 0 Å². The summed E-state index contributed by atoms with van der Waals surface area (Å²) in [6, 6.07) is 13.6. The minimum Gasteiger partial charge on any atom is -0.496 e. The quantitative estimate of drug-likeness (QED) is 0.543. The third kappa shape index (κ3) is 2.60. The smallest absolute Gasteiger partial charge is 0.266 e. The molecule has 0 bridgehead atoms. The third-order valence-corrected chi connectivity index (χ3v) is 5.66. The van der Waals surface area contributed by atoms with E-state index in [0.717, 1.165) is 38.7 Å². The molecule has 2 heterocycles. The number of methoxy groups -OCH3 is 1. The number of H-pyrrole nitrogens is 1. The van der Waals surface area contributed by atoms with E-state index in [4.69, 9.17) is 4.74 Å². The highest BCUT2D eigenvalue weighted by molar-refractivity contribution is 7.17. The molecule has 132 valence electrons. The molecule has 0 saturated carbocycles. The van der Waals surface area contributed by atoms with Crippen LogP contribution >= 0.6 is 11.3 Å². The maximum atomic E-state index is 12.3. The highest BCUT2D eigenvalue weighted by atomic mass is 32.1. The van der Waals surface area contributed by atoms with Crippen molar-refractivity contribution in [1.29, 1.82) is 0 Å². The van der Waals surface area contributed by atoms with Gasteiger partial charge in [-0.05, 0) is 41.1 Å². The molecule has 0 radical (unpaired) electrons. The summed E-state index contributed by atoms with van der Waals surface area (Å²) in [6.07, 6.45) is 0.214. The van der Waals surface area contributed by atoms with Gasteiger partial charge < -0.3 is 14.8 Å². The van der Waals surface area contributed by atoms with Gasteiger partial charge in [-0.2, -0.15) is 0 Å². The Labute approximate surface area is 154 Å². The molecular formula is C21H19NO3S. The zero-order chi connectivity index (χ0) is 18.3. The second-order valence-electron chi connectivity index (χ2n) is 6.23. The molecule has 4 rings (SSSR count). The van der Waals surface area contributed by atoms with E-state index in [0.29, 0.717) is 11.1 Å². The molecule has 0 aliphatic carbocycles. The van der Waals surface area contributed by atoms with Crippen molar-refractivity contribution in [1.82, 2.24) is 4.98 Å². The van der Waals surface area contributed by atoms with Crippen LogP contribution in [-0.4, -0.2) is 17.2 Å². The SMILES string of the molecule is CCC(O)c1ccc(-c2c(OC)ccc3[nH]c(=O)c4sccc4c23)cc1. The minimum absolute atomic E-state index is 0.0694. The molecule has 2 N–H and O–H groups in total. The minimum atomic E-state index is -0.460. The number of aliphatic hydroxyl groups excluding tert-OH is 1. The van der Waals surface area contributed by atoms with Crippen molar-refractivity contribution in [3.05, 3.63) is 63.8 Å². The van der Waals surface area contributed by atoms with E-state index >= 15 is 0 Å². The first-order chi connectivity index (χ1) is 12.6. The van der Waals surface area contributed by atoms with Crippen LogP contribution in [0.2, 0.25) is 0 Å². The molecule has 0 fully saturated rings. The number of hydrogen-bond donors (Lipinski definition) is 2. The highest BCUT2D eigenvalue weighted by Crippen LogP contribution is 2.40. The lowest BCUT2D eigenvalue weighted by Gasteiger charge is -2.14. The normalized spacial score (nSPS) is 12.6. The standard InChI is InChI=1S/C21H19NO3S/c1-3-16(23)12-4-6-13(7-5-12)18-17(25-2)9-8-15-19(18)14-10-11-26-20(14)21(24)22-15/h4-11,16,23H,3H2,1-2H3,(H,22,24). The Balaban J connectivity index is 2.04. The zero-order valence-corrected chi connectivity index (χ0v) is 15.4. The Morgan fingerprint density at radius 2 is 1.92 bits per heavy atom. The molecule has 0 amide bonds. The summed E-state index contributed by atoms with van der Waals surface area (Å²) >= 11 is 1.44. The lowest BCUT2D eigenvalue weighted by Crippen LogP contribution is -2.05. The van der Waals surface area contributed by atoms with Gasteiger partial charge in [0.05, 0.1) is 13.2 Å². The van der Waals surface area contributed by atoms with Crippen molar-refractivity contribution in [2.75, 3.05) is 7.11 Å². The second kappa shape index (κ2) is 6.59. The predicted octanol–water partition coefficient (Wildman–Crippen LogP) is 4.86. The molecule has 0 spiro atoms. The molecule has 0 aliphatic rings. The van der Waals surface area contributed by atoms with E-state index in [9.17, 15) is 9.90 Å². The number of benzene rings is 2. The fourth-order valence-electron chi connectivity index (χ4n) is 3.39. The van der Waals surface area contributed by atoms with Crippen LogP contribution in [0.1, 0.15) is 25.0 Å². The van der Waals surface area contributed by atoms with Crippen molar-refractivity contribution in [3.8, 4) is 16.9 Å². The van der Waals surface area contributed by atoms with Gasteiger partial charge in [0.25, 0.3) is 5.56 Å². The largest absolute Gasteiger partial charge is 0.496 e. The molecular weight excluding hydrogens is 346 g/mol. The predicted molar refractivity (Wildman–Crippen MR) is 107 cm³/mol. The first-order valence-corrected chi connectivity index (χ1v) is 9.40. The van der Waals surface area contributed by atoms with Crippen molar-refractivity contribution in [3.63, 3.8) is 0 Å². The van der Waals surface area contributed by atoms with Gasteiger partial charge in [-0.1, -0.05) is 31.2 Å². The summed E-state index contributed by atoms with van der Waals surface area (Å²) in [5, 5.41) is 13.9. The maximum absolute atomic E-state index is 12.3. The Morgan fingerprint density at radius 1 is 1.15 bits per heavy atom. The van der Waals surface area contributed by atoms with Crippen molar-refractivity contribution in [2.45, 2.75) is 19.4 Å². The molecule has 1 unspecified atom stereocenters.